The molecule has 1 aliphatic carbocycles. The van der Waals surface area contributed by atoms with Crippen molar-refractivity contribution in [3.63, 3.8) is 0 Å². The molecular weight excluding hydrogens is 377 g/mol. The van der Waals surface area contributed by atoms with E-state index in [1.54, 1.807) is 12.3 Å². The summed E-state index contributed by atoms with van der Waals surface area (Å²) in [4.78, 5) is 18.1. The zero-order chi connectivity index (χ0) is 20.8. The van der Waals surface area contributed by atoms with Crippen molar-refractivity contribution < 1.29 is 9.18 Å². The van der Waals surface area contributed by atoms with Crippen molar-refractivity contribution in [2.45, 2.75) is 51.5 Å². The maximum absolute atomic E-state index is 13.8. The summed E-state index contributed by atoms with van der Waals surface area (Å²) in [6, 6.07) is 10.6. The van der Waals surface area contributed by atoms with Gasteiger partial charge in [-0.3, -0.25) is 14.7 Å². The molecule has 1 N–H and O–H groups in total. The van der Waals surface area contributed by atoms with Crippen LogP contribution in [-0.2, 0) is 24.2 Å². The van der Waals surface area contributed by atoms with Gasteiger partial charge in [-0.25, -0.2) is 4.39 Å². The van der Waals surface area contributed by atoms with E-state index >= 15 is 0 Å². The van der Waals surface area contributed by atoms with Gasteiger partial charge in [0.1, 0.15) is 5.82 Å². The fourth-order valence-electron chi connectivity index (χ4n) is 4.22. The lowest BCUT2D eigenvalue weighted by Crippen LogP contribution is -2.34. The van der Waals surface area contributed by atoms with E-state index in [1.165, 1.54) is 30.2 Å². The first-order valence-corrected chi connectivity index (χ1v) is 11.3. The van der Waals surface area contributed by atoms with Gasteiger partial charge in [-0.15, -0.1) is 0 Å². The van der Waals surface area contributed by atoms with Crippen LogP contribution in [0.1, 0.15) is 48.8 Å². The standard InChI is InChI=1S/C25H32FN3O/c26-24-17-27-12-9-23(24)18-29-13-10-21(11-14-29)15-20-3-1-19(2-4-20)7-8-25(30)28-16-22-5-6-22/h1-4,9,12,17,21-22H,5-8,10-11,13-16,18H2,(H,28,30). The number of pyridine rings is 1. The summed E-state index contributed by atoms with van der Waals surface area (Å²) < 4.78 is 13.8. The quantitative estimate of drug-likeness (QED) is 0.677. The molecule has 1 aromatic carbocycles. The molecule has 2 aliphatic rings. The second-order valence-corrected chi connectivity index (χ2v) is 8.95. The molecule has 1 saturated carbocycles. The van der Waals surface area contributed by atoms with Crippen molar-refractivity contribution >= 4 is 5.91 Å². The van der Waals surface area contributed by atoms with Crippen LogP contribution in [0.25, 0.3) is 0 Å². The van der Waals surface area contributed by atoms with Gasteiger partial charge in [0.05, 0.1) is 6.20 Å². The second kappa shape index (κ2) is 10.2. The van der Waals surface area contributed by atoms with E-state index in [1.807, 2.05) is 0 Å². The number of hydrogen-bond donors (Lipinski definition) is 1. The van der Waals surface area contributed by atoms with Gasteiger partial charge in [0.2, 0.25) is 5.91 Å². The second-order valence-electron chi connectivity index (χ2n) is 8.95. The zero-order valence-corrected chi connectivity index (χ0v) is 17.7. The van der Waals surface area contributed by atoms with Gasteiger partial charge in [-0.1, -0.05) is 24.3 Å². The highest BCUT2D eigenvalue weighted by Crippen LogP contribution is 2.27. The molecule has 0 atom stereocenters. The summed E-state index contributed by atoms with van der Waals surface area (Å²) in [7, 11) is 0. The fourth-order valence-corrected chi connectivity index (χ4v) is 4.22. The van der Waals surface area contributed by atoms with Crippen molar-refractivity contribution in [2.24, 2.45) is 11.8 Å². The number of aryl methyl sites for hydroxylation is 1. The van der Waals surface area contributed by atoms with Crippen LogP contribution in [0.2, 0.25) is 0 Å². The van der Waals surface area contributed by atoms with Crippen molar-refractivity contribution in [1.82, 2.24) is 15.2 Å². The number of nitrogens with zero attached hydrogens (tertiary/aromatic N) is 2. The lowest BCUT2D eigenvalue weighted by Gasteiger charge is -2.32. The molecule has 2 heterocycles. The van der Waals surface area contributed by atoms with Crippen LogP contribution in [-0.4, -0.2) is 35.4 Å². The number of amides is 1. The van der Waals surface area contributed by atoms with Crippen LogP contribution in [0.4, 0.5) is 4.39 Å². The monoisotopic (exact) mass is 409 g/mol. The molecular formula is C25H32FN3O. The smallest absolute Gasteiger partial charge is 0.220 e. The van der Waals surface area contributed by atoms with Crippen molar-refractivity contribution in [2.75, 3.05) is 19.6 Å². The van der Waals surface area contributed by atoms with Gasteiger partial charge in [-0.2, -0.15) is 0 Å². The Bertz CT molecular complexity index is 827. The largest absolute Gasteiger partial charge is 0.356 e. The van der Waals surface area contributed by atoms with E-state index in [0.29, 0.717) is 18.9 Å². The predicted octanol–water partition coefficient (Wildman–Crippen LogP) is 4.13. The summed E-state index contributed by atoms with van der Waals surface area (Å²) in [6.45, 7) is 3.55. The van der Waals surface area contributed by atoms with E-state index in [4.69, 9.17) is 0 Å². The van der Waals surface area contributed by atoms with Crippen LogP contribution in [0, 0.1) is 17.7 Å². The Labute approximate surface area is 178 Å². The Morgan fingerprint density at radius 1 is 1.03 bits per heavy atom. The number of nitrogens with one attached hydrogen (secondary N) is 1. The molecule has 30 heavy (non-hydrogen) atoms. The molecule has 1 saturated heterocycles. The molecule has 0 radical (unpaired) electrons. The number of rotatable bonds is 9. The first-order chi connectivity index (χ1) is 14.7. The molecule has 0 spiro atoms. The minimum Gasteiger partial charge on any atom is -0.356 e. The third kappa shape index (κ3) is 6.36. The Hall–Kier alpha value is -2.27. The minimum atomic E-state index is -0.208. The van der Waals surface area contributed by atoms with Crippen LogP contribution in [0.15, 0.2) is 42.7 Å². The average Bonchev–Trinajstić information content (AvgIpc) is 3.59. The molecule has 4 nitrogen and oxygen atoms in total. The molecule has 2 fully saturated rings. The van der Waals surface area contributed by atoms with E-state index in [-0.39, 0.29) is 11.7 Å². The SMILES string of the molecule is O=C(CCc1ccc(CC2CCN(Cc3ccncc3F)CC2)cc1)NCC1CC1. The van der Waals surface area contributed by atoms with Crippen LogP contribution >= 0.6 is 0 Å². The number of likely N-dealkylation sites (tertiary alicyclic amines) is 1. The highest BCUT2D eigenvalue weighted by molar-refractivity contribution is 5.76. The lowest BCUT2D eigenvalue weighted by molar-refractivity contribution is -0.121. The summed E-state index contributed by atoms with van der Waals surface area (Å²) in [5.74, 6) is 1.38. The van der Waals surface area contributed by atoms with E-state index in [9.17, 15) is 9.18 Å². The number of carbonyl (C=O) groups excluding carboxylic acids is 1. The number of carbonyl (C=O) groups is 1. The molecule has 2 aromatic rings. The third-order valence-electron chi connectivity index (χ3n) is 6.43. The van der Waals surface area contributed by atoms with Crippen LogP contribution < -0.4 is 5.32 Å². The van der Waals surface area contributed by atoms with Gasteiger partial charge >= 0.3 is 0 Å². The minimum absolute atomic E-state index is 0.171. The highest BCUT2D eigenvalue weighted by atomic mass is 19.1. The first kappa shape index (κ1) is 21.0. The van der Waals surface area contributed by atoms with Crippen LogP contribution in [0.5, 0.6) is 0 Å². The van der Waals surface area contributed by atoms with Crippen molar-refractivity contribution in [3.8, 4) is 0 Å². The van der Waals surface area contributed by atoms with Crippen molar-refractivity contribution in [1.29, 1.82) is 0 Å². The van der Waals surface area contributed by atoms with Gasteiger partial charge in [0.15, 0.2) is 0 Å². The number of benzene rings is 1. The lowest BCUT2D eigenvalue weighted by atomic mass is 9.89. The molecule has 1 aliphatic heterocycles. The van der Waals surface area contributed by atoms with Crippen molar-refractivity contribution in [3.05, 3.63) is 65.2 Å². The maximum atomic E-state index is 13.8. The molecule has 0 unspecified atom stereocenters. The van der Waals surface area contributed by atoms with Gasteiger partial charge < -0.3 is 5.32 Å². The molecule has 1 aromatic heterocycles. The maximum Gasteiger partial charge on any atom is 0.220 e. The zero-order valence-electron chi connectivity index (χ0n) is 17.7. The molecule has 5 heteroatoms. The molecule has 160 valence electrons. The van der Waals surface area contributed by atoms with E-state index in [0.717, 1.165) is 56.8 Å². The van der Waals surface area contributed by atoms with Gasteiger partial charge in [0, 0.05) is 31.3 Å². The van der Waals surface area contributed by atoms with Gasteiger partial charge in [0.25, 0.3) is 0 Å². The predicted molar refractivity (Wildman–Crippen MR) is 116 cm³/mol. The Morgan fingerprint density at radius 3 is 2.47 bits per heavy atom. The molecule has 4 rings (SSSR count). The highest BCUT2D eigenvalue weighted by Gasteiger charge is 2.22. The van der Waals surface area contributed by atoms with Crippen LogP contribution in [0.3, 0.4) is 0 Å². The Morgan fingerprint density at radius 2 is 1.77 bits per heavy atom. The summed E-state index contributed by atoms with van der Waals surface area (Å²) in [5, 5.41) is 3.04. The summed E-state index contributed by atoms with van der Waals surface area (Å²) >= 11 is 0. The number of aromatic nitrogens is 1. The van der Waals surface area contributed by atoms with E-state index < -0.39 is 0 Å². The van der Waals surface area contributed by atoms with Gasteiger partial charge in [-0.05, 0) is 80.6 Å². The number of piperidine rings is 1. The molecule has 1 amide bonds. The fraction of sp³-hybridized carbons (Fsp3) is 0.520. The third-order valence-corrected chi connectivity index (χ3v) is 6.43. The normalized spacial score (nSPS) is 17.8. The number of halogens is 1. The first-order valence-electron chi connectivity index (χ1n) is 11.3. The molecule has 0 bridgehead atoms. The summed E-state index contributed by atoms with van der Waals surface area (Å²) in [5.41, 5.74) is 3.34. The topological polar surface area (TPSA) is 45.2 Å². The Balaban J connectivity index is 1.17. The summed E-state index contributed by atoms with van der Waals surface area (Å²) in [6.07, 6.45) is 10.3. The number of hydrogen-bond acceptors (Lipinski definition) is 3. The van der Waals surface area contributed by atoms with E-state index in [2.05, 4.69) is 39.5 Å². The Kier molecular flexibility index (Phi) is 7.11. The average molecular weight is 410 g/mol.